The van der Waals surface area contributed by atoms with Crippen LogP contribution in [0.5, 0.6) is 0 Å². The molecule has 1 aliphatic rings. The molecule has 29 heavy (non-hydrogen) atoms. The number of benzene rings is 1. The Balaban J connectivity index is 2.20. The summed E-state index contributed by atoms with van der Waals surface area (Å²) in [6.07, 6.45) is 3.31. The van der Waals surface area contributed by atoms with E-state index in [2.05, 4.69) is 21.7 Å². The van der Waals surface area contributed by atoms with Crippen LogP contribution < -0.4 is 10.0 Å². The van der Waals surface area contributed by atoms with Crippen LogP contribution in [0.4, 0.5) is 11.4 Å². The summed E-state index contributed by atoms with van der Waals surface area (Å²) in [7, 11) is -2.81. The summed E-state index contributed by atoms with van der Waals surface area (Å²) in [6.45, 7) is 2.97. The highest BCUT2D eigenvalue weighted by Gasteiger charge is 2.32. The smallest absolute Gasteiger partial charge is 0.339 e. The first-order valence-corrected chi connectivity index (χ1v) is 10.8. The summed E-state index contributed by atoms with van der Waals surface area (Å²) in [5.41, 5.74) is -2.41. The Morgan fingerprint density at radius 1 is 1.34 bits per heavy atom. The second-order valence-electron chi connectivity index (χ2n) is 7.63. The van der Waals surface area contributed by atoms with Gasteiger partial charge in [0.15, 0.2) is 5.60 Å². The number of nitro benzene ring substituents is 1. The van der Waals surface area contributed by atoms with Crippen molar-refractivity contribution >= 4 is 27.4 Å². The molecule has 2 rings (SSSR count). The molecular formula is C18H27N3O7S. The largest absolute Gasteiger partial charge is 0.467 e. The number of hydrogen-bond donors (Lipinski definition) is 3. The predicted octanol–water partition coefficient (Wildman–Crippen LogP) is 1.79. The van der Waals surface area contributed by atoms with Crippen LogP contribution in [-0.2, 0) is 19.6 Å². The molecule has 1 saturated carbocycles. The first-order chi connectivity index (χ1) is 13.5. The van der Waals surface area contributed by atoms with Gasteiger partial charge in [-0.1, -0.05) is 6.92 Å². The maximum atomic E-state index is 12.7. The van der Waals surface area contributed by atoms with Crippen LogP contribution in [0.2, 0.25) is 0 Å². The van der Waals surface area contributed by atoms with E-state index in [-0.39, 0.29) is 23.2 Å². The molecule has 1 aromatic rings. The SMILES string of the molecule is COC(=O)[C@](C)(O)CNc1ccc(S(=O)(=O)NC2CCC(C)CC2)cc1[N+](=O)[O-]. The van der Waals surface area contributed by atoms with Gasteiger partial charge in [-0.05, 0) is 50.7 Å². The molecule has 0 saturated heterocycles. The number of rotatable bonds is 8. The zero-order valence-electron chi connectivity index (χ0n) is 16.7. The number of methoxy groups -OCH3 is 1. The fourth-order valence-corrected chi connectivity index (χ4v) is 4.53. The van der Waals surface area contributed by atoms with E-state index >= 15 is 0 Å². The third kappa shape index (κ3) is 5.87. The molecule has 0 heterocycles. The third-order valence-corrected chi connectivity index (χ3v) is 6.58. The maximum absolute atomic E-state index is 12.7. The lowest BCUT2D eigenvalue weighted by Crippen LogP contribution is -2.42. The van der Waals surface area contributed by atoms with Gasteiger partial charge in [0.1, 0.15) is 5.69 Å². The van der Waals surface area contributed by atoms with Crippen molar-refractivity contribution in [3.8, 4) is 0 Å². The molecule has 1 aliphatic carbocycles. The lowest BCUT2D eigenvalue weighted by molar-refractivity contribution is -0.384. The number of carbonyl (C=O) groups excluding carboxylic acids is 1. The molecule has 1 atom stereocenters. The zero-order valence-corrected chi connectivity index (χ0v) is 17.5. The van der Waals surface area contributed by atoms with Gasteiger partial charge in [0.25, 0.3) is 5.69 Å². The standard InChI is InChI=1S/C18H27N3O7S/c1-12-4-6-13(7-5-12)20-29(26,27)14-8-9-15(16(10-14)21(24)25)19-11-18(2,23)17(22)28-3/h8-10,12-13,19-20,23H,4-7,11H2,1-3H3/t12?,13?,18-/m1/s1. The van der Waals surface area contributed by atoms with Gasteiger partial charge in [0, 0.05) is 12.1 Å². The van der Waals surface area contributed by atoms with E-state index in [0.717, 1.165) is 38.9 Å². The highest BCUT2D eigenvalue weighted by Crippen LogP contribution is 2.29. The van der Waals surface area contributed by atoms with Gasteiger partial charge in [-0.25, -0.2) is 17.9 Å². The molecule has 1 aromatic carbocycles. The van der Waals surface area contributed by atoms with E-state index in [1.165, 1.54) is 19.1 Å². The van der Waals surface area contributed by atoms with E-state index in [1.54, 1.807) is 0 Å². The van der Waals surface area contributed by atoms with Crippen molar-refractivity contribution in [2.24, 2.45) is 5.92 Å². The Labute approximate surface area is 169 Å². The van der Waals surface area contributed by atoms with E-state index in [9.17, 15) is 28.4 Å². The van der Waals surface area contributed by atoms with Crippen LogP contribution in [0.15, 0.2) is 23.1 Å². The number of nitro groups is 1. The summed E-state index contributed by atoms with van der Waals surface area (Å²) >= 11 is 0. The minimum Gasteiger partial charge on any atom is -0.467 e. The topological polar surface area (TPSA) is 148 Å². The second kappa shape index (κ2) is 9.06. The second-order valence-corrected chi connectivity index (χ2v) is 9.35. The Kier molecular flexibility index (Phi) is 7.20. The molecule has 0 bridgehead atoms. The Bertz CT molecular complexity index is 862. The van der Waals surface area contributed by atoms with Crippen molar-refractivity contribution < 1.29 is 28.0 Å². The van der Waals surface area contributed by atoms with Crippen LogP contribution >= 0.6 is 0 Å². The Morgan fingerprint density at radius 3 is 2.52 bits per heavy atom. The van der Waals surface area contributed by atoms with Crippen LogP contribution in [0.3, 0.4) is 0 Å². The summed E-state index contributed by atoms with van der Waals surface area (Å²) in [5.74, 6) is -0.345. The number of ether oxygens (including phenoxy) is 1. The fraction of sp³-hybridized carbons (Fsp3) is 0.611. The summed E-state index contributed by atoms with van der Waals surface area (Å²) in [5, 5.41) is 24.1. The van der Waals surface area contributed by atoms with Crippen LogP contribution in [0.1, 0.15) is 39.5 Å². The lowest BCUT2D eigenvalue weighted by Gasteiger charge is -2.26. The number of sulfonamides is 1. The average Bonchev–Trinajstić information content (AvgIpc) is 2.67. The normalized spacial score (nSPS) is 21.8. The average molecular weight is 429 g/mol. The molecule has 10 nitrogen and oxygen atoms in total. The predicted molar refractivity (Wildman–Crippen MR) is 106 cm³/mol. The molecule has 0 spiro atoms. The van der Waals surface area contributed by atoms with Crippen molar-refractivity contribution in [1.29, 1.82) is 0 Å². The minimum absolute atomic E-state index is 0.0235. The van der Waals surface area contributed by atoms with Gasteiger partial charge >= 0.3 is 5.97 Å². The van der Waals surface area contributed by atoms with E-state index in [1.807, 2.05) is 0 Å². The zero-order chi connectivity index (χ0) is 21.8. The fourth-order valence-electron chi connectivity index (χ4n) is 3.20. The van der Waals surface area contributed by atoms with Gasteiger partial charge in [0.05, 0.1) is 23.5 Å². The number of nitrogens with zero attached hydrogens (tertiary/aromatic N) is 1. The Morgan fingerprint density at radius 2 is 1.97 bits per heavy atom. The molecule has 3 N–H and O–H groups in total. The Hall–Kier alpha value is -2.24. The molecule has 0 amide bonds. The number of carbonyl (C=O) groups is 1. The summed E-state index contributed by atoms with van der Waals surface area (Å²) < 4.78 is 32.4. The maximum Gasteiger partial charge on any atom is 0.339 e. The van der Waals surface area contributed by atoms with Crippen molar-refractivity contribution in [2.75, 3.05) is 19.0 Å². The number of anilines is 1. The lowest BCUT2D eigenvalue weighted by atomic mass is 9.88. The number of nitrogens with one attached hydrogen (secondary N) is 2. The monoisotopic (exact) mass is 429 g/mol. The quantitative estimate of drug-likeness (QED) is 0.322. The molecule has 162 valence electrons. The van der Waals surface area contributed by atoms with Crippen molar-refractivity contribution in [2.45, 2.75) is 56.1 Å². The first-order valence-electron chi connectivity index (χ1n) is 9.31. The van der Waals surface area contributed by atoms with Crippen LogP contribution in [0, 0.1) is 16.0 Å². The van der Waals surface area contributed by atoms with Crippen molar-refractivity contribution in [3.63, 3.8) is 0 Å². The molecule has 1 fully saturated rings. The highest BCUT2D eigenvalue weighted by atomic mass is 32.2. The molecule has 0 radical (unpaired) electrons. The summed E-state index contributed by atoms with van der Waals surface area (Å²) in [6, 6.07) is 3.25. The molecule has 0 aromatic heterocycles. The van der Waals surface area contributed by atoms with Crippen molar-refractivity contribution in [3.05, 3.63) is 28.3 Å². The molecule has 0 unspecified atom stereocenters. The van der Waals surface area contributed by atoms with E-state index < -0.39 is 32.2 Å². The van der Waals surface area contributed by atoms with E-state index in [0.29, 0.717) is 5.92 Å². The van der Waals surface area contributed by atoms with Crippen LogP contribution in [-0.4, -0.2) is 49.7 Å². The summed E-state index contributed by atoms with van der Waals surface area (Å²) in [4.78, 5) is 22.0. The molecular weight excluding hydrogens is 402 g/mol. The number of esters is 1. The van der Waals surface area contributed by atoms with Gasteiger partial charge in [-0.2, -0.15) is 0 Å². The minimum atomic E-state index is -3.92. The highest BCUT2D eigenvalue weighted by molar-refractivity contribution is 7.89. The first kappa shape index (κ1) is 23.0. The van der Waals surface area contributed by atoms with Crippen molar-refractivity contribution in [1.82, 2.24) is 4.72 Å². The molecule has 0 aliphatic heterocycles. The van der Waals surface area contributed by atoms with Gasteiger partial charge in [0.2, 0.25) is 10.0 Å². The number of hydrogen-bond acceptors (Lipinski definition) is 8. The third-order valence-electron chi connectivity index (χ3n) is 5.06. The van der Waals surface area contributed by atoms with Gasteiger partial charge < -0.3 is 15.2 Å². The molecule has 11 heteroatoms. The van der Waals surface area contributed by atoms with Crippen LogP contribution in [0.25, 0.3) is 0 Å². The van der Waals surface area contributed by atoms with Gasteiger partial charge in [-0.15, -0.1) is 0 Å². The van der Waals surface area contributed by atoms with E-state index in [4.69, 9.17) is 0 Å². The van der Waals surface area contributed by atoms with Gasteiger partial charge in [-0.3, -0.25) is 10.1 Å². The number of aliphatic hydroxyl groups is 1.